The molecule has 0 bridgehead atoms. The number of nitrogens with one attached hydrogen (secondary N) is 2. The molecule has 2 aromatic rings. The minimum atomic E-state index is -3.67. The van der Waals surface area contributed by atoms with Crippen LogP contribution in [0.2, 0.25) is 0 Å². The summed E-state index contributed by atoms with van der Waals surface area (Å²) in [5, 5.41) is 5.98. The van der Waals surface area contributed by atoms with Crippen molar-refractivity contribution in [2.45, 2.75) is 75.3 Å². The molecule has 2 amide bonds. The Balaban J connectivity index is 1.58. The first-order chi connectivity index (χ1) is 19.0. The smallest absolute Gasteiger partial charge is 0.251 e. The minimum absolute atomic E-state index is 0.0873. The van der Waals surface area contributed by atoms with Crippen LogP contribution in [0.5, 0.6) is 0 Å². The van der Waals surface area contributed by atoms with Gasteiger partial charge < -0.3 is 10.6 Å². The summed E-state index contributed by atoms with van der Waals surface area (Å²) < 4.78 is 54.0. The van der Waals surface area contributed by atoms with E-state index in [-0.39, 0.29) is 44.8 Å². The van der Waals surface area contributed by atoms with E-state index in [1.54, 1.807) is 52.0 Å². The first-order valence-corrected chi connectivity index (χ1v) is 16.7. The molecule has 1 saturated carbocycles. The molecule has 40 heavy (non-hydrogen) atoms. The summed E-state index contributed by atoms with van der Waals surface area (Å²) in [6.07, 6.45) is 2.57. The molecule has 0 unspecified atom stereocenters. The lowest BCUT2D eigenvalue weighted by Crippen LogP contribution is -2.43. The van der Waals surface area contributed by atoms with Crippen LogP contribution in [-0.2, 0) is 20.0 Å². The van der Waals surface area contributed by atoms with Crippen molar-refractivity contribution < 1.29 is 26.4 Å². The summed E-state index contributed by atoms with van der Waals surface area (Å²) in [4.78, 5) is 26.0. The molecule has 1 aliphatic carbocycles. The van der Waals surface area contributed by atoms with E-state index in [1.165, 1.54) is 32.9 Å². The van der Waals surface area contributed by atoms with Crippen LogP contribution in [-0.4, -0.2) is 75.5 Å². The number of amides is 2. The highest BCUT2D eigenvalue weighted by Gasteiger charge is 2.27. The Kier molecular flexibility index (Phi) is 10.9. The average molecular weight is 593 g/mol. The van der Waals surface area contributed by atoms with Crippen LogP contribution < -0.4 is 10.6 Å². The van der Waals surface area contributed by atoms with Crippen molar-refractivity contribution >= 4 is 31.9 Å². The van der Waals surface area contributed by atoms with Crippen LogP contribution >= 0.6 is 0 Å². The Morgan fingerprint density at radius 2 is 0.975 bits per heavy atom. The fourth-order valence-corrected chi connectivity index (χ4v) is 7.95. The molecule has 10 nitrogen and oxygen atoms in total. The van der Waals surface area contributed by atoms with Gasteiger partial charge in [-0.05, 0) is 62.1 Å². The largest absolute Gasteiger partial charge is 0.349 e. The van der Waals surface area contributed by atoms with Crippen molar-refractivity contribution in [2.75, 3.05) is 26.2 Å². The average Bonchev–Trinajstić information content (AvgIpc) is 2.95. The number of benzene rings is 2. The van der Waals surface area contributed by atoms with E-state index in [0.717, 1.165) is 0 Å². The highest BCUT2D eigenvalue weighted by Crippen LogP contribution is 2.22. The summed E-state index contributed by atoms with van der Waals surface area (Å²) >= 11 is 0. The van der Waals surface area contributed by atoms with Crippen LogP contribution in [0.15, 0.2) is 58.3 Å². The predicted octanol–water partition coefficient (Wildman–Crippen LogP) is 3.22. The SMILES string of the molecule is CCN(CC)S(=O)(=O)c1cccc(C(=O)NC2CCC(NC(=O)c3cccc(S(=O)(=O)N(CC)CC)c3)CC2)c1. The molecule has 2 aromatic carbocycles. The van der Waals surface area contributed by atoms with Gasteiger partial charge in [0, 0.05) is 49.4 Å². The van der Waals surface area contributed by atoms with Gasteiger partial charge in [-0.25, -0.2) is 16.8 Å². The highest BCUT2D eigenvalue weighted by atomic mass is 32.2. The molecule has 220 valence electrons. The van der Waals surface area contributed by atoms with Crippen LogP contribution in [0, 0.1) is 0 Å². The third-order valence-electron chi connectivity index (χ3n) is 7.28. The molecular weight excluding hydrogens is 552 g/mol. The first-order valence-electron chi connectivity index (χ1n) is 13.8. The van der Waals surface area contributed by atoms with Crippen LogP contribution in [0.4, 0.5) is 0 Å². The quantitative estimate of drug-likeness (QED) is 0.389. The van der Waals surface area contributed by atoms with Gasteiger partial charge in [0.25, 0.3) is 11.8 Å². The lowest BCUT2D eigenvalue weighted by molar-refractivity contribution is 0.0891. The van der Waals surface area contributed by atoms with Gasteiger partial charge in [-0.15, -0.1) is 0 Å². The van der Waals surface area contributed by atoms with Crippen LogP contribution in [0.25, 0.3) is 0 Å². The first kappa shape index (κ1) is 31.7. The zero-order valence-electron chi connectivity index (χ0n) is 23.6. The van der Waals surface area contributed by atoms with E-state index in [9.17, 15) is 26.4 Å². The molecule has 2 N–H and O–H groups in total. The lowest BCUT2D eigenvalue weighted by atomic mass is 9.90. The second-order valence-corrected chi connectivity index (χ2v) is 13.6. The second kappa shape index (κ2) is 13.7. The molecule has 0 spiro atoms. The minimum Gasteiger partial charge on any atom is -0.349 e. The number of carbonyl (C=O) groups excluding carboxylic acids is 2. The zero-order chi connectivity index (χ0) is 29.5. The molecule has 0 radical (unpaired) electrons. The molecule has 12 heteroatoms. The lowest BCUT2D eigenvalue weighted by Gasteiger charge is -2.30. The molecule has 0 aliphatic heterocycles. The van der Waals surface area contributed by atoms with Gasteiger partial charge >= 0.3 is 0 Å². The van der Waals surface area contributed by atoms with Crippen LogP contribution in [0.1, 0.15) is 74.1 Å². The Morgan fingerprint density at radius 1 is 0.650 bits per heavy atom. The standard InChI is InChI=1S/C28H40N4O6S2/c1-5-31(6-2)39(35,36)25-13-9-11-21(19-25)27(33)29-23-15-17-24(18-16-23)30-28(34)22-12-10-14-26(20-22)40(37,38)32(7-3)8-4/h9-14,19-20,23-24H,5-8,15-18H2,1-4H3,(H,29,33)(H,30,34). The third-order valence-corrected chi connectivity index (χ3v) is 11.4. The van der Waals surface area contributed by atoms with Crippen molar-refractivity contribution in [3.05, 3.63) is 59.7 Å². The summed E-state index contributed by atoms with van der Waals surface area (Å²) in [7, 11) is -7.35. The summed E-state index contributed by atoms with van der Waals surface area (Å²) in [5.41, 5.74) is 0.561. The zero-order valence-corrected chi connectivity index (χ0v) is 25.2. The highest BCUT2D eigenvalue weighted by molar-refractivity contribution is 7.89. The van der Waals surface area contributed by atoms with Crippen molar-refractivity contribution in [1.82, 2.24) is 19.2 Å². The van der Waals surface area contributed by atoms with Crippen molar-refractivity contribution in [3.8, 4) is 0 Å². The van der Waals surface area contributed by atoms with E-state index < -0.39 is 20.0 Å². The molecule has 0 aromatic heterocycles. The van der Waals surface area contributed by atoms with Crippen molar-refractivity contribution in [1.29, 1.82) is 0 Å². The van der Waals surface area contributed by atoms with E-state index >= 15 is 0 Å². The molecule has 0 heterocycles. The molecule has 0 saturated heterocycles. The molecule has 1 fully saturated rings. The van der Waals surface area contributed by atoms with E-state index in [2.05, 4.69) is 10.6 Å². The Labute approximate surface area is 238 Å². The number of hydrogen-bond donors (Lipinski definition) is 2. The van der Waals surface area contributed by atoms with Gasteiger partial charge in [-0.3, -0.25) is 9.59 Å². The van der Waals surface area contributed by atoms with Gasteiger partial charge in [0.15, 0.2) is 0 Å². The summed E-state index contributed by atoms with van der Waals surface area (Å²) in [6, 6.07) is 11.9. The number of rotatable bonds is 12. The fourth-order valence-electron chi connectivity index (χ4n) is 4.94. The normalized spacial score (nSPS) is 18.1. The number of sulfonamides is 2. The molecule has 1 aliphatic rings. The number of carbonyl (C=O) groups is 2. The Morgan fingerprint density at radius 3 is 1.27 bits per heavy atom. The Bertz CT molecular complexity index is 1290. The second-order valence-electron chi connectivity index (χ2n) is 9.73. The van der Waals surface area contributed by atoms with Crippen LogP contribution in [0.3, 0.4) is 0 Å². The summed E-state index contributed by atoms with van der Waals surface area (Å²) in [6.45, 7) is 8.45. The van der Waals surface area contributed by atoms with Crippen molar-refractivity contribution in [3.63, 3.8) is 0 Å². The third kappa shape index (κ3) is 7.28. The van der Waals surface area contributed by atoms with Gasteiger partial charge in [0.2, 0.25) is 20.0 Å². The van der Waals surface area contributed by atoms with Gasteiger partial charge in [-0.1, -0.05) is 39.8 Å². The molecule has 3 rings (SSSR count). The van der Waals surface area contributed by atoms with Crippen molar-refractivity contribution in [2.24, 2.45) is 0 Å². The fraction of sp³-hybridized carbons (Fsp3) is 0.500. The summed E-state index contributed by atoms with van der Waals surface area (Å²) in [5.74, 6) is -0.675. The number of nitrogens with zero attached hydrogens (tertiary/aromatic N) is 2. The van der Waals surface area contributed by atoms with Gasteiger partial charge in [0.1, 0.15) is 0 Å². The molecular formula is C28H40N4O6S2. The predicted molar refractivity (Wildman–Crippen MR) is 154 cm³/mol. The van der Waals surface area contributed by atoms with E-state index in [1.807, 2.05) is 0 Å². The maximum atomic E-state index is 12.9. The maximum absolute atomic E-state index is 12.9. The number of hydrogen-bond acceptors (Lipinski definition) is 6. The monoisotopic (exact) mass is 592 g/mol. The maximum Gasteiger partial charge on any atom is 0.251 e. The van der Waals surface area contributed by atoms with Gasteiger partial charge in [-0.2, -0.15) is 8.61 Å². The van der Waals surface area contributed by atoms with Gasteiger partial charge in [0.05, 0.1) is 9.79 Å². The topological polar surface area (TPSA) is 133 Å². The van der Waals surface area contributed by atoms with E-state index in [4.69, 9.17) is 0 Å². The van der Waals surface area contributed by atoms with E-state index in [0.29, 0.717) is 51.9 Å². The Hall–Kier alpha value is -2.80. The molecule has 0 atom stereocenters.